The van der Waals surface area contributed by atoms with Crippen LogP contribution in [0, 0.1) is 0 Å². The van der Waals surface area contributed by atoms with Gasteiger partial charge < -0.3 is 5.11 Å². The van der Waals surface area contributed by atoms with Gasteiger partial charge in [0.2, 0.25) is 0 Å². The number of nitrogens with zero attached hydrogens (tertiary/aromatic N) is 3. The molecule has 5 heteroatoms. The van der Waals surface area contributed by atoms with Gasteiger partial charge in [-0.15, -0.1) is 5.10 Å². The van der Waals surface area contributed by atoms with Crippen molar-refractivity contribution >= 4 is 5.97 Å². The molecule has 0 radical (unpaired) electrons. The van der Waals surface area contributed by atoms with E-state index in [1.807, 2.05) is 0 Å². The lowest BCUT2D eigenvalue weighted by atomic mass is 10.2. The Morgan fingerprint density at radius 3 is 2.62 bits per heavy atom. The van der Waals surface area contributed by atoms with E-state index in [0.717, 1.165) is 37.1 Å². The second-order valence-electron chi connectivity index (χ2n) is 4.08. The van der Waals surface area contributed by atoms with Gasteiger partial charge in [-0.25, -0.2) is 4.98 Å². The quantitative estimate of drug-likeness (QED) is 0.775. The van der Waals surface area contributed by atoms with Crippen molar-refractivity contribution in [3.05, 3.63) is 17.2 Å². The van der Waals surface area contributed by atoms with Crippen molar-refractivity contribution in [1.82, 2.24) is 15.2 Å². The van der Waals surface area contributed by atoms with Gasteiger partial charge in [0.1, 0.15) is 0 Å². The predicted octanol–water partition coefficient (Wildman–Crippen LogP) is 1.16. The number of aliphatic carboxylic acids is 1. The summed E-state index contributed by atoms with van der Waals surface area (Å²) in [5.41, 5.74) is 2.02. The highest BCUT2D eigenvalue weighted by molar-refractivity contribution is 5.66. The van der Waals surface area contributed by atoms with E-state index in [1.54, 1.807) is 0 Å². The first-order valence-corrected chi connectivity index (χ1v) is 5.69. The van der Waals surface area contributed by atoms with Gasteiger partial charge in [0.15, 0.2) is 5.82 Å². The van der Waals surface area contributed by atoms with E-state index >= 15 is 0 Å². The van der Waals surface area contributed by atoms with E-state index in [0.29, 0.717) is 12.2 Å². The molecule has 0 saturated carbocycles. The van der Waals surface area contributed by atoms with Crippen LogP contribution in [0.1, 0.15) is 42.9 Å². The number of rotatable bonds is 3. The molecule has 5 nitrogen and oxygen atoms in total. The molecule has 86 valence electrons. The number of aromatic nitrogens is 3. The van der Waals surface area contributed by atoms with Crippen molar-refractivity contribution in [2.75, 3.05) is 0 Å². The normalized spacial score (nSPS) is 15.2. The Balaban J connectivity index is 2.11. The topological polar surface area (TPSA) is 76.0 Å². The van der Waals surface area contributed by atoms with E-state index in [2.05, 4.69) is 15.2 Å². The van der Waals surface area contributed by atoms with Crippen LogP contribution in [-0.4, -0.2) is 26.3 Å². The van der Waals surface area contributed by atoms with Crippen LogP contribution in [0.2, 0.25) is 0 Å². The summed E-state index contributed by atoms with van der Waals surface area (Å²) in [7, 11) is 0. The second-order valence-corrected chi connectivity index (χ2v) is 4.08. The van der Waals surface area contributed by atoms with E-state index in [9.17, 15) is 4.79 Å². The van der Waals surface area contributed by atoms with Crippen molar-refractivity contribution in [3.8, 4) is 0 Å². The minimum Gasteiger partial charge on any atom is -0.481 e. The Labute approximate surface area is 93.9 Å². The maximum absolute atomic E-state index is 10.4. The van der Waals surface area contributed by atoms with Crippen LogP contribution < -0.4 is 0 Å². The SMILES string of the molecule is O=C(O)CCc1nnc2c(n1)CCCCC2. The lowest BCUT2D eigenvalue weighted by molar-refractivity contribution is -0.137. The average molecular weight is 221 g/mol. The van der Waals surface area contributed by atoms with Gasteiger partial charge in [-0.05, 0) is 25.7 Å². The number of carboxylic acid groups (broad SMARTS) is 1. The molecule has 0 unspecified atom stereocenters. The Morgan fingerprint density at radius 2 is 1.88 bits per heavy atom. The van der Waals surface area contributed by atoms with Crippen LogP contribution in [0.15, 0.2) is 0 Å². The van der Waals surface area contributed by atoms with Gasteiger partial charge in [0, 0.05) is 6.42 Å². The standard InChI is InChI=1S/C11H15N3O2/c15-11(16)7-6-10-12-8-4-2-1-3-5-9(8)13-14-10/h1-7H2,(H,15,16). The van der Waals surface area contributed by atoms with Crippen LogP contribution in [-0.2, 0) is 24.1 Å². The fourth-order valence-electron chi connectivity index (χ4n) is 1.90. The summed E-state index contributed by atoms with van der Waals surface area (Å²) in [5, 5.41) is 16.7. The molecule has 0 atom stereocenters. The van der Waals surface area contributed by atoms with Crippen LogP contribution >= 0.6 is 0 Å². The molecular formula is C11H15N3O2. The van der Waals surface area contributed by atoms with Crippen molar-refractivity contribution in [3.63, 3.8) is 0 Å². The molecule has 1 N–H and O–H groups in total. The summed E-state index contributed by atoms with van der Waals surface area (Å²) in [5.74, 6) is -0.262. The molecule has 0 saturated heterocycles. The molecule has 0 aliphatic heterocycles. The van der Waals surface area contributed by atoms with Gasteiger partial charge in [-0.1, -0.05) is 6.42 Å². The van der Waals surface area contributed by atoms with Crippen LogP contribution in [0.3, 0.4) is 0 Å². The minimum atomic E-state index is -0.821. The molecule has 0 spiro atoms. The fourth-order valence-corrected chi connectivity index (χ4v) is 1.90. The molecule has 1 aliphatic rings. The molecule has 16 heavy (non-hydrogen) atoms. The number of aryl methyl sites for hydroxylation is 3. The zero-order chi connectivity index (χ0) is 11.4. The van der Waals surface area contributed by atoms with Crippen LogP contribution in [0.4, 0.5) is 0 Å². The van der Waals surface area contributed by atoms with Crippen molar-refractivity contribution in [2.45, 2.75) is 44.9 Å². The van der Waals surface area contributed by atoms with E-state index in [1.165, 1.54) is 6.42 Å². The number of fused-ring (bicyclic) bond motifs is 1. The highest BCUT2D eigenvalue weighted by atomic mass is 16.4. The maximum atomic E-state index is 10.4. The molecule has 2 rings (SSSR count). The van der Waals surface area contributed by atoms with Crippen LogP contribution in [0.5, 0.6) is 0 Å². The van der Waals surface area contributed by atoms with Gasteiger partial charge in [0.25, 0.3) is 0 Å². The van der Waals surface area contributed by atoms with Crippen LogP contribution in [0.25, 0.3) is 0 Å². The molecule has 1 heterocycles. The second kappa shape index (κ2) is 5.01. The summed E-state index contributed by atoms with van der Waals surface area (Å²) < 4.78 is 0. The number of carboxylic acids is 1. The molecule has 0 fully saturated rings. The fraction of sp³-hybridized carbons (Fsp3) is 0.636. The lowest BCUT2D eigenvalue weighted by Crippen LogP contribution is -2.08. The number of carbonyl (C=O) groups is 1. The molecule has 0 aromatic carbocycles. The van der Waals surface area contributed by atoms with Gasteiger partial charge in [-0.3, -0.25) is 4.79 Å². The third-order valence-electron chi connectivity index (χ3n) is 2.77. The van der Waals surface area contributed by atoms with E-state index in [-0.39, 0.29) is 6.42 Å². The third-order valence-corrected chi connectivity index (χ3v) is 2.77. The largest absolute Gasteiger partial charge is 0.481 e. The van der Waals surface area contributed by atoms with Gasteiger partial charge >= 0.3 is 5.97 Å². The number of hydrogen-bond acceptors (Lipinski definition) is 4. The summed E-state index contributed by atoms with van der Waals surface area (Å²) in [4.78, 5) is 14.8. The zero-order valence-corrected chi connectivity index (χ0v) is 9.15. The summed E-state index contributed by atoms with van der Waals surface area (Å²) in [6, 6.07) is 0. The highest BCUT2D eigenvalue weighted by Gasteiger charge is 2.12. The highest BCUT2D eigenvalue weighted by Crippen LogP contribution is 2.16. The van der Waals surface area contributed by atoms with E-state index < -0.39 is 5.97 Å². The average Bonchev–Trinajstić information content (AvgIpc) is 2.50. The predicted molar refractivity (Wildman–Crippen MR) is 57.0 cm³/mol. The minimum absolute atomic E-state index is 0.0699. The lowest BCUT2D eigenvalue weighted by Gasteiger charge is -2.04. The molecule has 1 aromatic heterocycles. The Kier molecular flexibility index (Phi) is 3.44. The summed E-state index contributed by atoms with van der Waals surface area (Å²) >= 11 is 0. The van der Waals surface area contributed by atoms with Gasteiger partial charge in [0.05, 0.1) is 17.8 Å². The number of hydrogen-bond donors (Lipinski definition) is 1. The Hall–Kier alpha value is -1.52. The Bertz CT molecular complexity index is 393. The first-order chi connectivity index (χ1) is 7.75. The molecular weight excluding hydrogens is 206 g/mol. The third kappa shape index (κ3) is 2.74. The Morgan fingerprint density at radius 1 is 1.12 bits per heavy atom. The zero-order valence-electron chi connectivity index (χ0n) is 9.15. The first-order valence-electron chi connectivity index (χ1n) is 5.69. The van der Waals surface area contributed by atoms with Crippen molar-refractivity contribution in [2.24, 2.45) is 0 Å². The molecule has 0 bridgehead atoms. The molecule has 1 aliphatic carbocycles. The van der Waals surface area contributed by atoms with E-state index in [4.69, 9.17) is 5.11 Å². The summed E-state index contributed by atoms with van der Waals surface area (Å²) in [6.07, 6.45) is 5.85. The van der Waals surface area contributed by atoms with Gasteiger partial charge in [-0.2, -0.15) is 5.10 Å². The monoisotopic (exact) mass is 221 g/mol. The first kappa shape index (κ1) is 11.0. The molecule has 1 aromatic rings. The maximum Gasteiger partial charge on any atom is 0.303 e. The smallest absolute Gasteiger partial charge is 0.303 e. The van der Waals surface area contributed by atoms with Crippen molar-refractivity contribution < 1.29 is 9.90 Å². The summed E-state index contributed by atoms with van der Waals surface area (Å²) in [6.45, 7) is 0. The van der Waals surface area contributed by atoms with Crippen molar-refractivity contribution in [1.29, 1.82) is 0 Å². The molecule has 0 amide bonds.